The second-order valence-electron chi connectivity index (χ2n) is 7.92. The van der Waals surface area contributed by atoms with Crippen molar-refractivity contribution >= 4 is 11.6 Å². The summed E-state index contributed by atoms with van der Waals surface area (Å²) in [5.74, 6) is 0.588. The van der Waals surface area contributed by atoms with Crippen LogP contribution in [0.15, 0.2) is 41.5 Å². The number of benzene rings is 1. The van der Waals surface area contributed by atoms with E-state index in [0.717, 1.165) is 54.9 Å². The van der Waals surface area contributed by atoms with Gasteiger partial charge < -0.3 is 4.90 Å². The van der Waals surface area contributed by atoms with Crippen LogP contribution in [-0.4, -0.2) is 28.8 Å². The molecule has 1 aromatic carbocycles. The minimum absolute atomic E-state index is 0.117. The van der Waals surface area contributed by atoms with Gasteiger partial charge in [-0.3, -0.25) is 4.79 Å². The molecule has 0 N–H and O–H groups in total. The second-order valence-corrected chi connectivity index (χ2v) is 7.92. The summed E-state index contributed by atoms with van der Waals surface area (Å²) in [4.78, 5) is 15.7. The van der Waals surface area contributed by atoms with Crippen LogP contribution in [0.3, 0.4) is 0 Å². The van der Waals surface area contributed by atoms with Crippen molar-refractivity contribution in [3.63, 3.8) is 0 Å². The lowest BCUT2D eigenvalue weighted by atomic mass is 9.95. The van der Waals surface area contributed by atoms with Gasteiger partial charge >= 0.3 is 0 Å². The van der Waals surface area contributed by atoms with E-state index in [4.69, 9.17) is 5.10 Å². The summed E-state index contributed by atoms with van der Waals surface area (Å²) in [6.07, 6.45) is 6.89. The molecule has 4 heteroatoms. The highest BCUT2D eigenvalue weighted by molar-refractivity contribution is 6.00. The Labute approximate surface area is 154 Å². The van der Waals surface area contributed by atoms with Crippen molar-refractivity contribution in [1.29, 1.82) is 0 Å². The number of aromatic nitrogens is 2. The zero-order chi connectivity index (χ0) is 17.7. The molecule has 0 radical (unpaired) electrons. The summed E-state index contributed by atoms with van der Waals surface area (Å²) in [5.41, 5.74) is 6.65. The Balaban J connectivity index is 1.66. The Morgan fingerprint density at radius 3 is 2.46 bits per heavy atom. The molecule has 0 bridgehead atoms. The van der Waals surface area contributed by atoms with Gasteiger partial charge in [-0.1, -0.05) is 35.9 Å². The van der Waals surface area contributed by atoms with Gasteiger partial charge in [0.1, 0.15) is 5.69 Å². The SMILES string of the molecule is CC1=C(C2CC2)C(=O)n2nc(-c3ccccc3)c(N3CCCCC3)c2C1. The van der Waals surface area contributed by atoms with Crippen LogP contribution in [0.4, 0.5) is 5.69 Å². The van der Waals surface area contributed by atoms with E-state index < -0.39 is 0 Å². The summed E-state index contributed by atoms with van der Waals surface area (Å²) in [6.45, 7) is 4.26. The van der Waals surface area contributed by atoms with Crippen LogP contribution < -0.4 is 4.90 Å². The maximum atomic E-state index is 13.2. The third kappa shape index (κ3) is 2.51. The monoisotopic (exact) mass is 347 g/mol. The molecule has 134 valence electrons. The molecular formula is C22H25N3O. The molecule has 0 unspecified atom stereocenters. The molecule has 2 fully saturated rings. The van der Waals surface area contributed by atoms with Crippen LogP contribution in [0.25, 0.3) is 11.3 Å². The van der Waals surface area contributed by atoms with Crippen LogP contribution in [0.1, 0.15) is 49.5 Å². The molecule has 1 aliphatic carbocycles. The van der Waals surface area contributed by atoms with E-state index in [1.807, 2.05) is 6.07 Å². The van der Waals surface area contributed by atoms with Crippen molar-refractivity contribution in [2.24, 2.45) is 5.92 Å². The van der Waals surface area contributed by atoms with Crippen molar-refractivity contribution in [2.45, 2.75) is 45.4 Å². The number of carbonyl (C=O) groups is 1. The van der Waals surface area contributed by atoms with E-state index in [0.29, 0.717) is 5.92 Å². The summed E-state index contributed by atoms with van der Waals surface area (Å²) in [6, 6.07) is 10.3. The van der Waals surface area contributed by atoms with E-state index in [1.54, 1.807) is 4.68 Å². The first kappa shape index (κ1) is 15.9. The fourth-order valence-corrected chi connectivity index (χ4v) is 4.55. The predicted molar refractivity (Wildman–Crippen MR) is 103 cm³/mol. The molecular weight excluding hydrogens is 322 g/mol. The minimum atomic E-state index is 0.117. The number of anilines is 1. The Hall–Kier alpha value is -2.36. The molecule has 3 aliphatic rings. The molecule has 26 heavy (non-hydrogen) atoms. The molecule has 2 aliphatic heterocycles. The van der Waals surface area contributed by atoms with Gasteiger partial charge in [-0.25, -0.2) is 0 Å². The number of hydrogen-bond donors (Lipinski definition) is 0. The highest BCUT2D eigenvalue weighted by atomic mass is 16.2. The predicted octanol–water partition coefficient (Wildman–Crippen LogP) is 4.46. The second kappa shape index (κ2) is 6.11. The third-order valence-corrected chi connectivity index (χ3v) is 5.97. The van der Waals surface area contributed by atoms with Crippen molar-refractivity contribution in [3.05, 3.63) is 47.2 Å². The fourth-order valence-electron chi connectivity index (χ4n) is 4.55. The Kier molecular flexibility index (Phi) is 3.73. The first-order valence-electron chi connectivity index (χ1n) is 9.90. The molecule has 1 saturated heterocycles. The summed E-state index contributed by atoms with van der Waals surface area (Å²) >= 11 is 0. The number of allylic oxidation sites excluding steroid dienone is 2. The first-order valence-corrected chi connectivity index (χ1v) is 9.90. The summed E-state index contributed by atoms with van der Waals surface area (Å²) in [5, 5.41) is 4.86. The van der Waals surface area contributed by atoms with Crippen LogP contribution >= 0.6 is 0 Å². The zero-order valence-corrected chi connectivity index (χ0v) is 15.4. The molecule has 3 heterocycles. The number of nitrogens with zero attached hydrogens (tertiary/aromatic N) is 3. The molecule has 1 aromatic heterocycles. The molecule has 0 atom stereocenters. The Morgan fingerprint density at radius 2 is 1.77 bits per heavy atom. The molecule has 0 amide bonds. The largest absolute Gasteiger partial charge is 0.368 e. The molecule has 2 aromatic rings. The summed E-state index contributed by atoms with van der Waals surface area (Å²) < 4.78 is 1.73. The van der Waals surface area contributed by atoms with E-state index in [1.165, 1.54) is 30.5 Å². The topological polar surface area (TPSA) is 38.1 Å². The van der Waals surface area contributed by atoms with Gasteiger partial charge in [0.15, 0.2) is 0 Å². The number of piperidine rings is 1. The zero-order valence-electron chi connectivity index (χ0n) is 15.4. The van der Waals surface area contributed by atoms with Gasteiger partial charge in [0.2, 0.25) is 0 Å². The number of rotatable bonds is 3. The van der Waals surface area contributed by atoms with Gasteiger partial charge in [0, 0.05) is 30.6 Å². The van der Waals surface area contributed by atoms with Crippen molar-refractivity contribution in [3.8, 4) is 11.3 Å². The van der Waals surface area contributed by atoms with Crippen molar-refractivity contribution < 1.29 is 4.79 Å². The molecule has 0 spiro atoms. The van der Waals surface area contributed by atoms with E-state index in [9.17, 15) is 4.79 Å². The maximum Gasteiger partial charge on any atom is 0.274 e. The van der Waals surface area contributed by atoms with Gasteiger partial charge in [-0.05, 0) is 44.9 Å². The van der Waals surface area contributed by atoms with Crippen LogP contribution in [-0.2, 0) is 6.42 Å². The number of carbonyl (C=O) groups excluding carboxylic acids is 1. The lowest BCUT2D eigenvalue weighted by Gasteiger charge is -2.30. The highest BCUT2D eigenvalue weighted by Crippen LogP contribution is 2.44. The van der Waals surface area contributed by atoms with Crippen LogP contribution in [0.5, 0.6) is 0 Å². The van der Waals surface area contributed by atoms with Crippen molar-refractivity contribution in [1.82, 2.24) is 9.78 Å². The Bertz CT molecular complexity index is 884. The average Bonchev–Trinajstić information content (AvgIpc) is 3.43. The van der Waals surface area contributed by atoms with E-state index in [2.05, 4.69) is 36.1 Å². The minimum Gasteiger partial charge on any atom is -0.368 e. The van der Waals surface area contributed by atoms with Gasteiger partial charge in [-0.2, -0.15) is 9.78 Å². The third-order valence-electron chi connectivity index (χ3n) is 5.97. The molecule has 1 saturated carbocycles. The lowest BCUT2D eigenvalue weighted by Crippen LogP contribution is -2.32. The van der Waals surface area contributed by atoms with Crippen LogP contribution in [0, 0.1) is 5.92 Å². The normalized spacial score (nSPS) is 20.5. The van der Waals surface area contributed by atoms with E-state index >= 15 is 0 Å². The quantitative estimate of drug-likeness (QED) is 0.822. The van der Waals surface area contributed by atoms with Gasteiger partial charge in [-0.15, -0.1) is 0 Å². The Morgan fingerprint density at radius 1 is 1.04 bits per heavy atom. The highest BCUT2D eigenvalue weighted by Gasteiger charge is 2.38. The smallest absolute Gasteiger partial charge is 0.274 e. The van der Waals surface area contributed by atoms with Gasteiger partial charge in [0.05, 0.1) is 11.4 Å². The number of fused-ring (bicyclic) bond motifs is 1. The van der Waals surface area contributed by atoms with Crippen LogP contribution in [0.2, 0.25) is 0 Å². The maximum absolute atomic E-state index is 13.2. The fraction of sp³-hybridized carbons (Fsp3) is 0.455. The number of hydrogen-bond acceptors (Lipinski definition) is 3. The van der Waals surface area contributed by atoms with Gasteiger partial charge in [0.25, 0.3) is 5.91 Å². The molecule has 5 rings (SSSR count). The van der Waals surface area contributed by atoms with Crippen molar-refractivity contribution in [2.75, 3.05) is 18.0 Å². The summed E-state index contributed by atoms with van der Waals surface area (Å²) in [7, 11) is 0. The standard InChI is InChI=1S/C22H25N3O/c1-15-14-18-21(24-12-6-3-7-13-24)20(17-8-4-2-5-9-17)23-25(18)22(26)19(15)16-10-11-16/h2,4-5,8-9,16H,3,6-7,10-14H2,1H3. The average molecular weight is 347 g/mol. The first-order chi connectivity index (χ1) is 12.7. The van der Waals surface area contributed by atoms with E-state index in [-0.39, 0.29) is 5.91 Å². The lowest BCUT2D eigenvalue weighted by molar-refractivity contribution is 0.0924. The molecule has 4 nitrogen and oxygen atoms in total.